The first kappa shape index (κ1) is 35.2. The number of para-hydroxylation sites is 2. The van der Waals surface area contributed by atoms with Crippen molar-refractivity contribution in [1.29, 1.82) is 0 Å². The van der Waals surface area contributed by atoms with Crippen LogP contribution in [-0.4, -0.2) is 24.0 Å². The smallest absolute Gasteiger partial charge is 0.149 e. The van der Waals surface area contributed by atoms with Crippen LogP contribution in [0, 0.1) is 0 Å². The third-order valence-electron chi connectivity index (χ3n) is 12.5. The zero-order valence-electron chi connectivity index (χ0n) is 34.1. The molecule has 0 unspecified atom stereocenters. The molecule has 0 aliphatic carbocycles. The number of benzene rings is 8. The lowest BCUT2D eigenvalue weighted by Gasteiger charge is -2.23. The highest BCUT2D eigenvalue weighted by Gasteiger charge is 2.25. The molecule has 0 radical (unpaired) electrons. The molecule has 5 nitrogen and oxygen atoms in total. The van der Waals surface area contributed by atoms with Gasteiger partial charge < -0.3 is 9.51 Å². The summed E-state index contributed by atoms with van der Waals surface area (Å²) in [5.74, 6) is 0.862. The third kappa shape index (κ3) is 5.40. The van der Waals surface area contributed by atoms with Crippen LogP contribution >= 0.6 is 0 Å². The molecule has 0 saturated carbocycles. The van der Waals surface area contributed by atoms with Gasteiger partial charge in [0.1, 0.15) is 11.6 Å². The molecule has 0 spiro atoms. The van der Waals surface area contributed by atoms with E-state index in [-0.39, 0.29) is 11.2 Å². The second-order valence-corrected chi connectivity index (χ2v) is 17.2. The summed E-state index contributed by atoms with van der Waals surface area (Å²) in [6.07, 6.45) is 0. The lowest BCUT2D eigenvalue weighted by atomic mass is 9.85. The summed E-state index contributed by atoms with van der Waals surface area (Å²) >= 11 is 0. The van der Waals surface area contributed by atoms with Crippen LogP contribution in [-0.2, 0) is 5.41 Å². The molecule has 5 heteroatoms. The molecular weight excluding hydrogens is 745 g/mol. The fraction of sp³-hybridized carbons (Fsp3) is 0.0714. The lowest BCUT2D eigenvalue weighted by Crippen LogP contribution is -2.12. The molecule has 12 aromatic rings. The summed E-state index contributed by atoms with van der Waals surface area (Å²) in [5.41, 5.74) is 15.4. The summed E-state index contributed by atoms with van der Waals surface area (Å²) in [5, 5.41) is 17.3. The molecule has 0 atom stereocenters. The van der Waals surface area contributed by atoms with Gasteiger partial charge in [0, 0.05) is 27.3 Å². The monoisotopic (exact) mass is 784 g/mol. The molecule has 0 aliphatic rings. The Kier molecular flexibility index (Phi) is 7.57. The lowest BCUT2D eigenvalue weighted by molar-refractivity contribution is 0.477. The van der Waals surface area contributed by atoms with Crippen molar-refractivity contribution in [2.75, 3.05) is 0 Å². The maximum absolute atomic E-state index is 11.3. The van der Waals surface area contributed by atoms with Crippen molar-refractivity contribution in [3.05, 3.63) is 188 Å². The van der Waals surface area contributed by atoms with Gasteiger partial charge >= 0.3 is 0 Å². The van der Waals surface area contributed by atoms with Gasteiger partial charge in [-0.15, -0.1) is 0 Å². The van der Waals surface area contributed by atoms with Gasteiger partial charge in [0.05, 0.1) is 50.0 Å². The van der Waals surface area contributed by atoms with Gasteiger partial charge in [0.15, 0.2) is 0 Å². The van der Waals surface area contributed by atoms with Gasteiger partial charge in [0.2, 0.25) is 0 Å². The maximum Gasteiger partial charge on any atom is 0.149 e. The first-order valence-corrected chi connectivity index (χ1v) is 20.9. The van der Waals surface area contributed by atoms with Crippen molar-refractivity contribution in [3.63, 3.8) is 0 Å². The van der Waals surface area contributed by atoms with Crippen LogP contribution in [0.1, 0.15) is 26.3 Å². The molecule has 0 amide bonds. The summed E-state index contributed by atoms with van der Waals surface area (Å²) in [6.45, 7) is 6.75. The maximum atomic E-state index is 11.3. The summed E-state index contributed by atoms with van der Waals surface area (Å²) in [6, 6.07) is 64.1. The Hall–Kier alpha value is -7.76. The van der Waals surface area contributed by atoms with E-state index in [9.17, 15) is 5.11 Å². The molecule has 1 N–H and O–H groups in total. The Morgan fingerprint density at radius 3 is 2.08 bits per heavy atom. The standard InChI is InChI=1S/C56H40N4O/c1-56(2,3)39-27-29-48(43(32-39)35-15-5-4-6-16-35)60-49-28-26-37(31-46(49)58-55(60)42-19-10-12-23-51(42)61)40-20-13-22-50-52(40)53-54-44(41-18-9-11-21-47(41)59(50)54)33-45(57-53)38-25-24-34-14-7-8-17-36(34)30-38/h4-33,61H,1-3H3. The van der Waals surface area contributed by atoms with Gasteiger partial charge in [-0.05, 0) is 99.1 Å². The number of imidazole rings is 1. The molecule has 61 heavy (non-hydrogen) atoms. The molecular formula is C56H40N4O. The number of rotatable bonds is 5. The number of phenols is 1. The normalized spacial score (nSPS) is 12.2. The van der Waals surface area contributed by atoms with E-state index < -0.39 is 0 Å². The van der Waals surface area contributed by atoms with Crippen LogP contribution in [0.25, 0.3) is 111 Å². The van der Waals surface area contributed by atoms with E-state index in [0.29, 0.717) is 11.4 Å². The van der Waals surface area contributed by atoms with E-state index in [1.54, 1.807) is 6.07 Å². The van der Waals surface area contributed by atoms with Gasteiger partial charge in [0.25, 0.3) is 0 Å². The Morgan fingerprint density at radius 1 is 0.492 bits per heavy atom. The number of phenolic OH excluding ortho intramolecular Hbond substituents is 1. The molecule has 0 bridgehead atoms. The second kappa shape index (κ2) is 13.1. The summed E-state index contributed by atoms with van der Waals surface area (Å²) < 4.78 is 4.61. The molecule has 0 saturated heterocycles. The molecule has 4 aromatic heterocycles. The highest BCUT2D eigenvalue weighted by Crippen LogP contribution is 2.45. The molecule has 4 heterocycles. The zero-order chi connectivity index (χ0) is 41.0. The molecule has 12 rings (SSSR count). The average Bonchev–Trinajstić information content (AvgIpc) is 3.95. The van der Waals surface area contributed by atoms with Crippen molar-refractivity contribution in [2.24, 2.45) is 0 Å². The van der Waals surface area contributed by atoms with Crippen molar-refractivity contribution in [3.8, 4) is 56.3 Å². The van der Waals surface area contributed by atoms with Gasteiger partial charge in [-0.3, -0.25) is 4.57 Å². The predicted molar refractivity (Wildman–Crippen MR) is 253 cm³/mol. The Balaban J connectivity index is 1.12. The van der Waals surface area contributed by atoms with Crippen molar-refractivity contribution in [2.45, 2.75) is 26.2 Å². The van der Waals surface area contributed by atoms with Crippen LogP contribution in [0.2, 0.25) is 0 Å². The first-order valence-electron chi connectivity index (χ1n) is 20.9. The first-order chi connectivity index (χ1) is 29.8. The largest absolute Gasteiger partial charge is 0.507 e. The van der Waals surface area contributed by atoms with E-state index in [4.69, 9.17) is 9.97 Å². The van der Waals surface area contributed by atoms with E-state index in [1.807, 2.05) is 18.2 Å². The quantitative estimate of drug-likeness (QED) is 0.189. The summed E-state index contributed by atoms with van der Waals surface area (Å²) in [4.78, 5) is 10.9. The van der Waals surface area contributed by atoms with E-state index in [1.165, 1.54) is 32.6 Å². The topological polar surface area (TPSA) is 55.3 Å². The Labute approximate surface area is 352 Å². The fourth-order valence-electron chi connectivity index (χ4n) is 9.51. The SMILES string of the molecule is CC(C)(C)c1ccc(-n2c(-c3ccccc3O)nc3cc(-c4cccc5c4c4nc(-c6ccc7ccccc7c6)cc6c7ccccc7n5c64)ccc32)c(-c2ccccc2)c1. The van der Waals surface area contributed by atoms with E-state index in [0.717, 1.165) is 72.2 Å². The van der Waals surface area contributed by atoms with E-state index >= 15 is 0 Å². The van der Waals surface area contributed by atoms with Gasteiger partial charge in [-0.2, -0.15) is 0 Å². The van der Waals surface area contributed by atoms with Crippen LogP contribution in [0.4, 0.5) is 0 Å². The highest BCUT2D eigenvalue weighted by molar-refractivity contribution is 6.25. The highest BCUT2D eigenvalue weighted by atomic mass is 16.3. The number of fused-ring (bicyclic) bond motifs is 8. The third-order valence-corrected chi connectivity index (χ3v) is 12.5. The Bertz CT molecular complexity index is 3700. The van der Waals surface area contributed by atoms with Gasteiger partial charge in [-0.1, -0.05) is 142 Å². The van der Waals surface area contributed by atoms with Crippen LogP contribution in [0.5, 0.6) is 5.75 Å². The average molecular weight is 785 g/mol. The minimum Gasteiger partial charge on any atom is -0.507 e. The summed E-state index contributed by atoms with van der Waals surface area (Å²) in [7, 11) is 0. The molecule has 290 valence electrons. The molecule has 8 aromatic carbocycles. The number of hydrogen-bond acceptors (Lipinski definition) is 3. The zero-order valence-corrected chi connectivity index (χ0v) is 34.1. The van der Waals surface area contributed by atoms with Crippen molar-refractivity contribution in [1.82, 2.24) is 18.9 Å². The minimum absolute atomic E-state index is 0.0486. The fourth-order valence-corrected chi connectivity index (χ4v) is 9.51. The predicted octanol–water partition coefficient (Wildman–Crippen LogP) is 14.4. The van der Waals surface area contributed by atoms with Crippen LogP contribution < -0.4 is 0 Å². The Morgan fingerprint density at radius 2 is 1.23 bits per heavy atom. The van der Waals surface area contributed by atoms with E-state index in [2.05, 4.69) is 187 Å². The molecule has 0 fully saturated rings. The second-order valence-electron chi connectivity index (χ2n) is 17.2. The number of nitrogens with zero attached hydrogens (tertiary/aromatic N) is 4. The number of pyridine rings is 1. The van der Waals surface area contributed by atoms with Crippen molar-refractivity contribution >= 4 is 60.0 Å². The minimum atomic E-state index is -0.0486. The number of aromatic nitrogens is 4. The van der Waals surface area contributed by atoms with Crippen molar-refractivity contribution < 1.29 is 5.11 Å². The number of aromatic hydroxyl groups is 1. The van der Waals surface area contributed by atoms with Gasteiger partial charge in [-0.25, -0.2) is 9.97 Å². The molecule has 0 aliphatic heterocycles. The number of hydrogen-bond donors (Lipinski definition) is 1. The van der Waals surface area contributed by atoms with Crippen LogP contribution in [0.15, 0.2) is 182 Å². The van der Waals surface area contributed by atoms with Crippen LogP contribution in [0.3, 0.4) is 0 Å².